The van der Waals surface area contributed by atoms with Crippen LogP contribution in [0, 0.1) is 0 Å². The Morgan fingerprint density at radius 2 is 2.18 bits per heavy atom. The molecule has 1 atom stereocenters. The predicted octanol–water partition coefficient (Wildman–Crippen LogP) is -3.22. The highest BCUT2D eigenvalue weighted by molar-refractivity contribution is 5.85. The van der Waals surface area contributed by atoms with Gasteiger partial charge in [-0.25, -0.2) is 9.78 Å². The Morgan fingerprint density at radius 1 is 1.39 bits per heavy atom. The van der Waals surface area contributed by atoms with Crippen LogP contribution in [0.2, 0.25) is 0 Å². The van der Waals surface area contributed by atoms with Crippen LogP contribution >= 0.6 is 0 Å². The fraction of sp³-hybridized carbons (Fsp3) is 0.333. The Labute approximate surface area is 157 Å². The number of carbonyl (C=O) groups is 1. The van der Waals surface area contributed by atoms with E-state index in [1.807, 2.05) is 0 Å². The molecule has 0 unspecified atom stereocenters. The number of anilines is 2. The molecule has 3 rings (SSSR count). The van der Waals surface area contributed by atoms with E-state index in [9.17, 15) is 19.5 Å². The number of carboxylic acids is 1. The highest BCUT2D eigenvalue weighted by atomic mass is 16.4. The lowest BCUT2D eigenvalue weighted by atomic mass is 10.1. The minimum absolute atomic E-state index is 0.00891. The van der Waals surface area contributed by atoms with Crippen LogP contribution in [0.1, 0.15) is 5.69 Å². The molecule has 0 radical (unpaired) electrons. The molecule has 0 aromatic carbocycles. The van der Waals surface area contributed by atoms with Crippen molar-refractivity contribution in [3.63, 3.8) is 0 Å². The minimum atomic E-state index is -1.30. The molecule has 6 N–H and O–H groups in total. The highest BCUT2D eigenvalue weighted by Gasteiger charge is 2.16. The number of fused-ring (bicyclic) bond motifs is 1. The van der Waals surface area contributed by atoms with Gasteiger partial charge in [0.1, 0.15) is 11.2 Å². The second kappa shape index (κ2) is 7.87. The molecule has 0 aliphatic carbocycles. The number of nitrogens with one attached hydrogen (secondary N) is 4. The van der Waals surface area contributed by atoms with E-state index >= 15 is 0 Å². The van der Waals surface area contributed by atoms with Gasteiger partial charge >= 0.3 is 5.69 Å². The number of aliphatic carboxylic acids is 1. The Balaban J connectivity index is 1.85. The summed E-state index contributed by atoms with van der Waals surface area (Å²) in [6, 6.07) is -1.01. The molecule has 3 aromatic heterocycles. The molecular weight excluding hydrogens is 370 g/mol. The molecule has 0 spiro atoms. The first-order chi connectivity index (χ1) is 13.4. The Bertz CT molecular complexity index is 1100. The number of aromatic amines is 2. The average molecular weight is 388 g/mol. The Hall–Kier alpha value is -3.74. The third-order valence-corrected chi connectivity index (χ3v) is 4.09. The maximum absolute atomic E-state index is 12.3. The standard InChI is InChI=1S/C15H19N9O4/c1-17-14-22-11-9(12(25)23-14)10(16)21-15(28)24(11)3-2-19-8(13(26)27)4-7-5-18-6-20-7/h5-6,8,19H,2-4H2,1H3,(H,18,20)(H,26,27)(H2,16,21,28)(H2,17,22,23,25)/p-1/t8-/m0/s1. The summed E-state index contributed by atoms with van der Waals surface area (Å²) in [6.07, 6.45) is 3.07. The van der Waals surface area contributed by atoms with Crippen molar-refractivity contribution in [1.82, 2.24) is 34.8 Å². The lowest BCUT2D eigenvalue weighted by Gasteiger charge is -2.19. The van der Waals surface area contributed by atoms with Crippen molar-refractivity contribution in [3.05, 3.63) is 39.1 Å². The van der Waals surface area contributed by atoms with Gasteiger partial charge in [0.05, 0.1) is 18.3 Å². The number of hydrogen-bond acceptors (Lipinski definition) is 10. The third-order valence-electron chi connectivity index (χ3n) is 4.09. The number of nitrogens with zero attached hydrogens (tertiary/aromatic N) is 4. The fourth-order valence-corrected chi connectivity index (χ4v) is 2.72. The predicted molar refractivity (Wildman–Crippen MR) is 97.5 cm³/mol. The number of carboxylic acid groups (broad SMARTS) is 1. The molecule has 0 bridgehead atoms. The molecule has 0 aliphatic rings. The van der Waals surface area contributed by atoms with Gasteiger partial charge in [0, 0.05) is 38.4 Å². The number of aromatic nitrogens is 6. The van der Waals surface area contributed by atoms with Crippen molar-refractivity contribution in [2.24, 2.45) is 0 Å². The van der Waals surface area contributed by atoms with E-state index in [1.54, 1.807) is 7.05 Å². The SMILES string of the molecule is CNc1nc2c(c(N)nc(=O)n2CCN[C@@H](Cc2cnc[nH]2)C(=O)[O-])c(=O)[nH]1. The minimum Gasteiger partial charge on any atom is -0.548 e. The van der Waals surface area contributed by atoms with E-state index < -0.39 is 23.3 Å². The van der Waals surface area contributed by atoms with Crippen molar-refractivity contribution in [3.8, 4) is 0 Å². The van der Waals surface area contributed by atoms with Gasteiger partial charge in [-0.05, 0) is 0 Å². The Morgan fingerprint density at radius 3 is 2.82 bits per heavy atom. The molecule has 3 heterocycles. The fourth-order valence-electron chi connectivity index (χ4n) is 2.72. The van der Waals surface area contributed by atoms with E-state index in [-0.39, 0.29) is 42.3 Å². The maximum atomic E-state index is 12.3. The van der Waals surface area contributed by atoms with Crippen LogP contribution in [0.3, 0.4) is 0 Å². The molecule has 0 amide bonds. The topological polar surface area (TPSA) is 200 Å². The van der Waals surface area contributed by atoms with Crippen LogP contribution in [0.25, 0.3) is 11.0 Å². The number of H-pyrrole nitrogens is 2. The second-order valence-electron chi connectivity index (χ2n) is 5.90. The van der Waals surface area contributed by atoms with Crippen LogP contribution in [0.4, 0.5) is 11.8 Å². The van der Waals surface area contributed by atoms with Crippen LogP contribution in [-0.4, -0.2) is 55.1 Å². The van der Waals surface area contributed by atoms with Gasteiger partial charge in [0.25, 0.3) is 5.56 Å². The summed E-state index contributed by atoms with van der Waals surface area (Å²) in [5.41, 5.74) is 5.11. The number of imidazole rings is 1. The summed E-state index contributed by atoms with van der Waals surface area (Å²) in [6.45, 7) is 0.0890. The Kier molecular flexibility index (Phi) is 5.35. The molecule has 3 aromatic rings. The molecule has 0 fully saturated rings. The summed E-state index contributed by atoms with van der Waals surface area (Å²) in [4.78, 5) is 52.8. The van der Waals surface area contributed by atoms with E-state index in [0.29, 0.717) is 5.69 Å². The normalized spacial score (nSPS) is 12.2. The van der Waals surface area contributed by atoms with Gasteiger partial charge in [0.2, 0.25) is 5.95 Å². The van der Waals surface area contributed by atoms with Crippen LogP contribution in [0.15, 0.2) is 22.1 Å². The first-order valence-electron chi connectivity index (χ1n) is 8.30. The summed E-state index contributed by atoms with van der Waals surface area (Å²) in [5.74, 6) is -1.38. The van der Waals surface area contributed by atoms with Crippen molar-refractivity contribution < 1.29 is 9.90 Å². The summed E-state index contributed by atoms with van der Waals surface area (Å²) in [5, 5.41) is 16.8. The van der Waals surface area contributed by atoms with Gasteiger partial charge in [-0.1, -0.05) is 0 Å². The van der Waals surface area contributed by atoms with E-state index in [4.69, 9.17) is 5.73 Å². The second-order valence-corrected chi connectivity index (χ2v) is 5.90. The monoisotopic (exact) mass is 388 g/mol. The molecule has 28 heavy (non-hydrogen) atoms. The maximum Gasteiger partial charge on any atom is 0.351 e. The van der Waals surface area contributed by atoms with Crippen molar-refractivity contribution in [2.75, 3.05) is 24.6 Å². The molecular formula is C15H18N9O4-. The van der Waals surface area contributed by atoms with E-state index in [2.05, 4.69) is 35.6 Å². The molecule has 0 saturated carbocycles. The zero-order chi connectivity index (χ0) is 20.3. The first-order valence-corrected chi connectivity index (χ1v) is 8.30. The zero-order valence-corrected chi connectivity index (χ0v) is 14.9. The lowest BCUT2D eigenvalue weighted by Crippen LogP contribution is -2.48. The van der Waals surface area contributed by atoms with E-state index in [1.165, 1.54) is 12.5 Å². The van der Waals surface area contributed by atoms with Crippen molar-refractivity contribution in [2.45, 2.75) is 19.0 Å². The number of nitrogen functional groups attached to an aromatic ring is 1. The number of nitrogens with two attached hydrogens (primary N) is 1. The first kappa shape index (κ1) is 19.0. The van der Waals surface area contributed by atoms with Gasteiger partial charge in [-0.3, -0.25) is 14.3 Å². The number of carbonyl (C=O) groups excluding carboxylic acids is 1. The molecule has 13 nitrogen and oxygen atoms in total. The third kappa shape index (κ3) is 3.83. The van der Waals surface area contributed by atoms with Crippen LogP contribution in [0.5, 0.6) is 0 Å². The molecule has 0 aliphatic heterocycles. The smallest absolute Gasteiger partial charge is 0.351 e. The van der Waals surface area contributed by atoms with Crippen LogP contribution < -0.4 is 32.7 Å². The lowest BCUT2D eigenvalue weighted by molar-refractivity contribution is -0.308. The average Bonchev–Trinajstić information content (AvgIpc) is 3.15. The summed E-state index contributed by atoms with van der Waals surface area (Å²) in [7, 11) is 1.55. The van der Waals surface area contributed by atoms with Gasteiger partial charge < -0.3 is 31.3 Å². The largest absolute Gasteiger partial charge is 0.548 e. The number of hydrogen-bond donors (Lipinski definition) is 5. The zero-order valence-electron chi connectivity index (χ0n) is 14.9. The van der Waals surface area contributed by atoms with Gasteiger partial charge in [-0.2, -0.15) is 9.97 Å². The van der Waals surface area contributed by atoms with E-state index in [0.717, 1.165) is 4.57 Å². The molecule has 148 valence electrons. The van der Waals surface area contributed by atoms with Crippen LogP contribution in [-0.2, 0) is 17.8 Å². The quantitative estimate of drug-likeness (QED) is 0.261. The van der Waals surface area contributed by atoms with Gasteiger partial charge in [-0.15, -0.1) is 0 Å². The van der Waals surface area contributed by atoms with Crippen molar-refractivity contribution >= 4 is 28.8 Å². The molecule has 0 saturated heterocycles. The van der Waals surface area contributed by atoms with Gasteiger partial charge in [0.15, 0.2) is 5.65 Å². The van der Waals surface area contributed by atoms with Crippen molar-refractivity contribution in [1.29, 1.82) is 0 Å². The molecule has 13 heteroatoms. The summed E-state index contributed by atoms with van der Waals surface area (Å²) >= 11 is 0. The highest BCUT2D eigenvalue weighted by Crippen LogP contribution is 2.11. The summed E-state index contributed by atoms with van der Waals surface area (Å²) < 4.78 is 1.15. The number of rotatable bonds is 8.